The van der Waals surface area contributed by atoms with Gasteiger partial charge in [-0.25, -0.2) is 4.98 Å². The number of thiazole rings is 1. The van der Waals surface area contributed by atoms with Crippen molar-refractivity contribution in [2.45, 2.75) is 46.6 Å². The van der Waals surface area contributed by atoms with Gasteiger partial charge in [-0.3, -0.25) is 4.79 Å². The minimum absolute atomic E-state index is 0.0131. The van der Waals surface area contributed by atoms with E-state index in [1.807, 2.05) is 20.8 Å². The van der Waals surface area contributed by atoms with Gasteiger partial charge in [0.15, 0.2) is 0 Å². The van der Waals surface area contributed by atoms with Gasteiger partial charge in [0.05, 0.1) is 11.6 Å². The third-order valence-corrected chi connectivity index (χ3v) is 5.59. The van der Waals surface area contributed by atoms with E-state index < -0.39 is 0 Å². The van der Waals surface area contributed by atoms with Gasteiger partial charge in [-0.2, -0.15) is 0 Å². The highest BCUT2D eigenvalue weighted by Gasteiger charge is 2.23. The lowest BCUT2D eigenvalue weighted by Gasteiger charge is -2.15. The molecule has 4 nitrogen and oxygen atoms in total. The molecule has 5 heteroatoms. The number of aryl methyl sites for hydroxylation is 3. The summed E-state index contributed by atoms with van der Waals surface area (Å²) in [4.78, 5) is 18.6. The largest absolute Gasteiger partial charge is 0.325 e. The molecule has 1 aromatic carbocycles. The first-order valence-corrected chi connectivity index (χ1v) is 8.85. The van der Waals surface area contributed by atoms with Crippen LogP contribution in [-0.4, -0.2) is 17.4 Å². The topological polar surface area (TPSA) is 54.0 Å². The number of fused-ring (bicyclic) bond motifs is 1. The van der Waals surface area contributed by atoms with Crippen LogP contribution in [0.15, 0.2) is 12.1 Å². The van der Waals surface area contributed by atoms with Crippen molar-refractivity contribution in [3.05, 3.63) is 44.4 Å². The Bertz CT molecular complexity index is 704. The van der Waals surface area contributed by atoms with E-state index in [2.05, 4.69) is 29.7 Å². The molecule has 2 N–H and O–H groups in total. The van der Waals surface area contributed by atoms with Gasteiger partial charge in [0, 0.05) is 30.1 Å². The maximum atomic E-state index is 12.7. The smallest absolute Gasteiger partial charge is 0.234 e. The Balaban J connectivity index is 1.79. The zero-order valence-corrected chi connectivity index (χ0v) is 14.9. The maximum Gasteiger partial charge on any atom is 0.234 e. The van der Waals surface area contributed by atoms with Gasteiger partial charge in [-0.05, 0) is 38.8 Å². The Kier molecular flexibility index (Phi) is 4.50. The van der Waals surface area contributed by atoms with Crippen LogP contribution in [0.1, 0.15) is 45.1 Å². The molecule has 1 aliphatic heterocycles. The lowest BCUT2D eigenvalue weighted by molar-refractivity contribution is -0.117. The molecule has 0 radical (unpaired) electrons. The van der Waals surface area contributed by atoms with Crippen molar-refractivity contribution in [2.75, 3.05) is 11.9 Å². The predicted octanol–water partition coefficient (Wildman–Crippen LogP) is 3.46. The summed E-state index contributed by atoms with van der Waals surface area (Å²) in [6.07, 6.45) is 0.955. The lowest BCUT2D eigenvalue weighted by atomic mass is 10.0. The van der Waals surface area contributed by atoms with Gasteiger partial charge < -0.3 is 10.6 Å². The SMILES string of the molecule is Cc1cc(C)c(NC(=O)C(C)c2nc3c(s2)CNCC3)c(C)c1. The van der Waals surface area contributed by atoms with E-state index in [0.29, 0.717) is 0 Å². The molecular weight excluding hydrogens is 306 g/mol. The molecule has 0 aliphatic carbocycles. The fourth-order valence-electron chi connectivity index (χ4n) is 3.05. The van der Waals surface area contributed by atoms with Gasteiger partial charge in [0.2, 0.25) is 5.91 Å². The number of rotatable bonds is 3. The highest BCUT2D eigenvalue weighted by molar-refractivity contribution is 7.12. The highest BCUT2D eigenvalue weighted by Crippen LogP contribution is 2.29. The Morgan fingerprint density at radius 1 is 1.30 bits per heavy atom. The van der Waals surface area contributed by atoms with Gasteiger partial charge in [-0.15, -0.1) is 11.3 Å². The molecule has 1 aromatic heterocycles. The molecule has 0 spiro atoms. The Morgan fingerprint density at radius 2 is 2.00 bits per heavy atom. The third kappa shape index (κ3) is 3.31. The molecule has 3 rings (SSSR count). The fourth-order valence-corrected chi connectivity index (χ4v) is 4.18. The molecule has 0 saturated heterocycles. The van der Waals surface area contributed by atoms with Crippen molar-refractivity contribution in [1.82, 2.24) is 10.3 Å². The van der Waals surface area contributed by atoms with Crippen LogP contribution in [0.25, 0.3) is 0 Å². The van der Waals surface area contributed by atoms with Crippen molar-refractivity contribution in [3.63, 3.8) is 0 Å². The van der Waals surface area contributed by atoms with Gasteiger partial charge in [0.25, 0.3) is 0 Å². The first kappa shape index (κ1) is 16.1. The minimum atomic E-state index is -0.231. The number of nitrogens with one attached hydrogen (secondary N) is 2. The molecule has 23 heavy (non-hydrogen) atoms. The minimum Gasteiger partial charge on any atom is -0.325 e. The summed E-state index contributed by atoms with van der Waals surface area (Å²) in [6.45, 7) is 9.92. The number of carbonyl (C=O) groups excluding carboxylic acids is 1. The second kappa shape index (κ2) is 6.42. The van der Waals surface area contributed by atoms with Crippen LogP contribution in [0.2, 0.25) is 0 Å². The van der Waals surface area contributed by atoms with Gasteiger partial charge in [0.1, 0.15) is 5.01 Å². The van der Waals surface area contributed by atoms with E-state index in [1.165, 1.54) is 10.4 Å². The molecular formula is C18H23N3OS. The second-order valence-corrected chi connectivity index (χ2v) is 7.45. The molecule has 1 unspecified atom stereocenters. The van der Waals surface area contributed by atoms with Crippen LogP contribution in [0.5, 0.6) is 0 Å². The van der Waals surface area contributed by atoms with Crippen LogP contribution in [0, 0.1) is 20.8 Å². The van der Waals surface area contributed by atoms with Crippen LogP contribution >= 0.6 is 11.3 Å². The van der Waals surface area contributed by atoms with E-state index in [4.69, 9.17) is 4.98 Å². The maximum absolute atomic E-state index is 12.7. The van der Waals surface area contributed by atoms with Crippen molar-refractivity contribution >= 4 is 22.9 Å². The number of benzene rings is 1. The number of aromatic nitrogens is 1. The third-order valence-electron chi connectivity index (χ3n) is 4.31. The van der Waals surface area contributed by atoms with Crippen molar-refractivity contribution in [3.8, 4) is 0 Å². The highest BCUT2D eigenvalue weighted by atomic mass is 32.1. The molecule has 0 saturated carbocycles. The number of hydrogen-bond acceptors (Lipinski definition) is 4. The average molecular weight is 329 g/mol. The second-order valence-electron chi connectivity index (χ2n) is 6.33. The van der Waals surface area contributed by atoms with Crippen molar-refractivity contribution < 1.29 is 4.79 Å². The van der Waals surface area contributed by atoms with Crippen molar-refractivity contribution in [2.24, 2.45) is 0 Å². The van der Waals surface area contributed by atoms with Gasteiger partial charge in [-0.1, -0.05) is 17.7 Å². The van der Waals surface area contributed by atoms with E-state index in [9.17, 15) is 4.79 Å². The summed E-state index contributed by atoms with van der Waals surface area (Å²) in [5.41, 5.74) is 5.50. The first-order chi connectivity index (χ1) is 11.0. The number of amides is 1. The fraction of sp³-hybridized carbons (Fsp3) is 0.444. The van der Waals surface area contributed by atoms with Crippen LogP contribution < -0.4 is 10.6 Å². The number of carbonyl (C=O) groups is 1. The van der Waals surface area contributed by atoms with Crippen LogP contribution in [-0.2, 0) is 17.8 Å². The molecule has 1 amide bonds. The normalized spacial score (nSPS) is 15.1. The molecule has 1 aliphatic rings. The van der Waals surface area contributed by atoms with Crippen molar-refractivity contribution in [1.29, 1.82) is 0 Å². The Labute approximate surface area is 141 Å². The first-order valence-electron chi connectivity index (χ1n) is 8.03. The monoisotopic (exact) mass is 329 g/mol. The van der Waals surface area contributed by atoms with E-state index in [1.54, 1.807) is 11.3 Å². The van der Waals surface area contributed by atoms with E-state index in [-0.39, 0.29) is 11.8 Å². The molecule has 1 atom stereocenters. The van der Waals surface area contributed by atoms with E-state index >= 15 is 0 Å². The summed E-state index contributed by atoms with van der Waals surface area (Å²) < 4.78 is 0. The Morgan fingerprint density at radius 3 is 2.65 bits per heavy atom. The zero-order valence-electron chi connectivity index (χ0n) is 14.1. The summed E-state index contributed by atoms with van der Waals surface area (Å²) in [5, 5.41) is 7.36. The quantitative estimate of drug-likeness (QED) is 0.907. The molecule has 122 valence electrons. The molecule has 2 aromatic rings. The average Bonchev–Trinajstić information content (AvgIpc) is 2.93. The lowest BCUT2D eigenvalue weighted by Crippen LogP contribution is -2.22. The zero-order chi connectivity index (χ0) is 16.6. The van der Waals surface area contributed by atoms with Crippen LogP contribution in [0.3, 0.4) is 0 Å². The summed E-state index contributed by atoms with van der Waals surface area (Å²) in [6, 6.07) is 4.20. The molecule has 2 heterocycles. The van der Waals surface area contributed by atoms with Gasteiger partial charge >= 0.3 is 0 Å². The standard InChI is InChI=1S/C18H23N3OS/c1-10-7-11(2)16(12(3)8-10)21-17(22)13(4)18-20-14-5-6-19-9-15(14)23-18/h7-8,13,19H,5-6,9H2,1-4H3,(H,21,22). The predicted molar refractivity (Wildman–Crippen MR) is 95.2 cm³/mol. The number of anilines is 1. The number of nitrogens with zero attached hydrogens (tertiary/aromatic N) is 1. The molecule has 0 fully saturated rings. The summed E-state index contributed by atoms with van der Waals surface area (Å²) >= 11 is 1.66. The number of hydrogen-bond donors (Lipinski definition) is 2. The molecule has 0 bridgehead atoms. The Hall–Kier alpha value is -1.72. The van der Waals surface area contributed by atoms with Crippen LogP contribution in [0.4, 0.5) is 5.69 Å². The summed E-state index contributed by atoms with van der Waals surface area (Å²) in [5.74, 6) is -0.218. The summed E-state index contributed by atoms with van der Waals surface area (Å²) in [7, 11) is 0. The van der Waals surface area contributed by atoms with E-state index in [0.717, 1.165) is 47.0 Å².